The number of benzene rings is 2. The Morgan fingerprint density at radius 1 is 1.09 bits per heavy atom. The van der Waals surface area contributed by atoms with Crippen molar-refractivity contribution in [1.29, 1.82) is 0 Å². The third kappa shape index (κ3) is 6.84. The lowest BCUT2D eigenvalue weighted by molar-refractivity contribution is 0.258. The predicted molar refractivity (Wildman–Crippen MR) is 134 cm³/mol. The topological polar surface area (TPSA) is 95.4 Å². The van der Waals surface area contributed by atoms with Crippen LogP contribution in [0.4, 0.5) is 4.39 Å². The molecule has 186 valence electrons. The minimum Gasteiger partial charge on any atom is -0.508 e. The van der Waals surface area contributed by atoms with E-state index in [-0.39, 0.29) is 24.0 Å². The van der Waals surface area contributed by atoms with Crippen LogP contribution < -0.4 is 5.32 Å². The van der Waals surface area contributed by atoms with E-state index >= 15 is 0 Å². The molecule has 1 aromatic heterocycles. The molecule has 0 amide bonds. The zero-order chi connectivity index (χ0) is 24.8. The van der Waals surface area contributed by atoms with Crippen LogP contribution in [0.25, 0.3) is 11.3 Å². The van der Waals surface area contributed by atoms with E-state index in [1.165, 1.54) is 12.5 Å². The Hall–Kier alpha value is -2.88. The van der Waals surface area contributed by atoms with Crippen LogP contribution in [0.15, 0.2) is 54.7 Å². The summed E-state index contributed by atoms with van der Waals surface area (Å²) < 4.78 is 41.3. The molecule has 0 spiro atoms. The number of halogens is 1. The van der Waals surface area contributed by atoms with Gasteiger partial charge in [-0.3, -0.25) is 0 Å². The highest BCUT2D eigenvalue weighted by Crippen LogP contribution is 2.25. The summed E-state index contributed by atoms with van der Waals surface area (Å²) in [6, 6.07) is 14.3. The Morgan fingerprint density at radius 2 is 1.83 bits per heavy atom. The highest BCUT2D eigenvalue weighted by atomic mass is 32.2. The van der Waals surface area contributed by atoms with Crippen molar-refractivity contribution in [3.8, 4) is 17.0 Å². The monoisotopic (exact) mass is 498 g/mol. The van der Waals surface area contributed by atoms with Crippen molar-refractivity contribution in [2.75, 3.05) is 19.3 Å². The second kappa shape index (κ2) is 11.2. The average molecular weight is 499 g/mol. The Morgan fingerprint density at radius 3 is 2.54 bits per heavy atom. The summed E-state index contributed by atoms with van der Waals surface area (Å²) in [6.07, 6.45) is 6.14. The molecule has 7 nitrogen and oxygen atoms in total. The van der Waals surface area contributed by atoms with Gasteiger partial charge in [0, 0.05) is 24.6 Å². The molecular formula is C26H31FN4O3S. The molecule has 1 fully saturated rings. The SMILES string of the molecule is CS(=O)(=O)N(Cc1cccc(-c2nc(CCCc3ccc(O)cc3)ncc2F)c1)C1CCNCC1. The summed E-state index contributed by atoms with van der Waals surface area (Å²) in [5.41, 5.74) is 2.70. The molecule has 1 aliphatic rings. The quantitative estimate of drug-likeness (QED) is 0.467. The van der Waals surface area contributed by atoms with Gasteiger partial charge in [-0.05, 0) is 68.1 Å². The molecule has 0 aliphatic carbocycles. The summed E-state index contributed by atoms with van der Waals surface area (Å²) in [7, 11) is -3.40. The first-order chi connectivity index (χ1) is 16.8. The Kier molecular flexibility index (Phi) is 8.10. The van der Waals surface area contributed by atoms with Gasteiger partial charge in [0.05, 0.1) is 12.5 Å². The number of phenols is 1. The Bertz CT molecular complexity index is 1250. The lowest BCUT2D eigenvalue weighted by Gasteiger charge is -2.32. The van der Waals surface area contributed by atoms with Crippen LogP contribution in [0.3, 0.4) is 0 Å². The fourth-order valence-corrected chi connectivity index (χ4v) is 5.58. The summed E-state index contributed by atoms with van der Waals surface area (Å²) in [4.78, 5) is 8.63. The van der Waals surface area contributed by atoms with Crippen molar-refractivity contribution in [3.05, 3.63) is 77.5 Å². The number of aryl methyl sites for hydroxylation is 2. The van der Waals surface area contributed by atoms with Crippen molar-refractivity contribution < 1.29 is 17.9 Å². The first kappa shape index (κ1) is 25.2. The van der Waals surface area contributed by atoms with Gasteiger partial charge in [0.25, 0.3) is 0 Å². The lowest BCUT2D eigenvalue weighted by atomic mass is 10.0. The second-order valence-corrected chi connectivity index (χ2v) is 10.9. The number of rotatable bonds is 9. The van der Waals surface area contributed by atoms with Gasteiger partial charge in [0.15, 0.2) is 5.82 Å². The minimum absolute atomic E-state index is 0.0501. The summed E-state index contributed by atoms with van der Waals surface area (Å²) in [6.45, 7) is 1.82. The van der Waals surface area contributed by atoms with Crippen LogP contribution in [0.2, 0.25) is 0 Å². The number of piperidine rings is 1. The first-order valence-corrected chi connectivity index (χ1v) is 13.7. The molecule has 0 bridgehead atoms. The third-order valence-electron chi connectivity index (χ3n) is 6.28. The predicted octanol–water partition coefficient (Wildman–Crippen LogP) is 3.68. The van der Waals surface area contributed by atoms with Gasteiger partial charge in [-0.15, -0.1) is 0 Å². The molecule has 1 saturated heterocycles. The van der Waals surface area contributed by atoms with E-state index in [0.29, 0.717) is 17.8 Å². The molecule has 0 radical (unpaired) electrons. The maximum Gasteiger partial charge on any atom is 0.211 e. The van der Waals surface area contributed by atoms with E-state index in [9.17, 15) is 17.9 Å². The van der Waals surface area contributed by atoms with E-state index in [2.05, 4.69) is 15.3 Å². The fraction of sp³-hybridized carbons (Fsp3) is 0.385. The number of sulfonamides is 1. The summed E-state index contributed by atoms with van der Waals surface area (Å²) >= 11 is 0. The normalized spacial score (nSPS) is 14.9. The van der Waals surface area contributed by atoms with Gasteiger partial charge >= 0.3 is 0 Å². The van der Waals surface area contributed by atoms with Gasteiger partial charge in [0.1, 0.15) is 17.3 Å². The molecular weight excluding hydrogens is 467 g/mol. The highest BCUT2D eigenvalue weighted by Gasteiger charge is 2.28. The summed E-state index contributed by atoms with van der Waals surface area (Å²) in [5.74, 6) is 0.277. The highest BCUT2D eigenvalue weighted by molar-refractivity contribution is 7.88. The van der Waals surface area contributed by atoms with E-state index in [1.807, 2.05) is 24.3 Å². The van der Waals surface area contributed by atoms with Gasteiger partial charge in [-0.25, -0.2) is 22.8 Å². The van der Waals surface area contributed by atoms with Crippen LogP contribution in [0.5, 0.6) is 5.75 Å². The molecule has 9 heteroatoms. The van der Waals surface area contributed by atoms with Crippen molar-refractivity contribution >= 4 is 10.0 Å². The number of nitrogens with one attached hydrogen (secondary N) is 1. The fourth-order valence-electron chi connectivity index (χ4n) is 4.45. The van der Waals surface area contributed by atoms with Crippen molar-refractivity contribution in [2.24, 2.45) is 0 Å². The standard InChI is InChI=1S/C26H31FN4O3S/c1-35(33,34)31(22-12-14-28-15-13-22)18-20-5-2-6-21(16-20)26-24(27)17-29-25(30-26)7-3-4-19-8-10-23(32)11-9-19/h2,5-6,8-11,16-17,22,28,32H,3-4,7,12-15,18H2,1H3. The van der Waals surface area contributed by atoms with Crippen molar-refractivity contribution in [3.63, 3.8) is 0 Å². The van der Waals surface area contributed by atoms with Crippen molar-refractivity contribution in [2.45, 2.75) is 44.7 Å². The zero-order valence-electron chi connectivity index (χ0n) is 19.8. The number of aromatic nitrogens is 2. The molecule has 0 saturated carbocycles. The van der Waals surface area contributed by atoms with Gasteiger partial charge in [-0.2, -0.15) is 4.31 Å². The van der Waals surface area contributed by atoms with E-state index in [0.717, 1.165) is 49.9 Å². The molecule has 0 unspecified atom stereocenters. The van der Waals surface area contributed by atoms with Crippen LogP contribution in [-0.4, -0.2) is 53.2 Å². The van der Waals surface area contributed by atoms with Crippen LogP contribution in [0.1, 0.15) is 36.2 Å². The molecule has 3 aromatic rings. The number of nitrogens with zero attached hydrogens (tertiary/aromatic N) is 3. The summed E-state index contributed by atoms with van der Waals surface area (Å²) in [5, 5.41) is 12.7. The number of aromatic hydroxyl groups is 1. The maximum atomic E-state index is 14.7. The lowest BCUT2D eigenvalue weighted by Crippen LogP contribution is -2.45. The smallest absolute Gasteiger partial charge is 0.211 e. The van der Waals surface area contributed by atoms with Gasteiger partial charge in [0.2, 0.25) is 10.0 Å². The van der Waals surface area contributed by atoms with Crippen LogP contribution in [0, 0.1) is 5.82 Å². The average Bonchev–Trinajstić information content (AvgIpc) is 2.85. The molecule has 35 heavy (non-hydrogen) atoms. The van der Waals surface area contributed by atoms with E-state index in [4.69, 9.17) is 0 Å². The number of hydrogen-bond acceptors (Lipinski definition) is 6. The first-order valence-electron chi connectivity index (χ1n) is 11.9. The second-order valence-electron chi connectivity index (χ2n) is 8.99. The number of hydrogen-bond donors (Lipinski definition) is 2. The third-order valence-corrected chi connectivity index (χ3v) is 7.56. The molecule has 2 heterocycles. The zero-order valence-corrected chi connectivity index (χ0v) is 20.6. The largest absolute Gasteiger partial charge is 0.508 e. The van der Waals surface area contributed by atoms with E-state index < -0.39 is 15.8 Å². The van der Waals surface area contributed by atoms with Crippen LogP contribution in [-0.2, 0) is 29.4 Å². The van der Waals surface area contributed by atoms with Crippen LogP contribution >= 0.6 is 0 Å². The van der Waals surface area contributed by atoms with Crippen molar-refractivity contribution in [1.82, 2.24) is 19.6 Å². The van der Waals surface area contributed by atoms with Gasteiger partial charge in [-0.1, -0.05) is 30.3 Å². The van der Waals surface area contributed by atoms with Gasteiger partial charge < -0.3 is 10.4 Å². The Balaban J connectivity index is 1.49. The van der Waals surface area contributed by atoms with E-state index in [1.54, 1.807) is 28.6 Å². The Labute approximate surface area is 206 Å². The minimum atomic E-state index is -3.40. The molecule has 4 rings (SSSR count). The molecule has 2 aromatic carbocycles. The number of phenolic OH excluding ortho intramolecular Hbond substituents is 1. The molecule has 1 aliphatic heterocycles. The molecule has 2 N–H and O–H groups in total. The maximum absolute atomic E-state index is 14.7. The molecule has 0 atom stereocenters.